The van der Waals surface area contributed by atoms with Gasteiger partial charge >= 0.3 is 23.9 Å². The normalized spacial score (nSPS) is 9.77. The summed E-state index contributed by atoms with van der Waals surface area (Å²) in [4.78, 5) is 45.0. The molecule has 0 saturated heterocycles. The molecule has 0 aromatic heterocycles. The Morgan fingerprint density at radius 1 is 0.615 bits per heavy atom. The molecule has 0 saturated carbocycles. The highest BCUT2D eigenvalue weighted by atomic mass is 16.6. The largest absolute Gasteiger partial charge is 0.466 e. The summed E-state index contributed by atoms with van der Waals surface area (Å²) in [5, 5.41) is 0. The maximum Gasteiger partial charge on any atom is 0.333 e. The van der Waals surface area contributed by atoms with Gasteiger partial charge in [0.15, 0.2) is 0 Å². The van der Waals surface area contributed by atoms with Crippen molar-refractivity contribution in [2.75, 3.05) is 26.4 Å². The quantitative estimate of drug-likeness (QED) is 0.209. The molecule has 0 aromatic rings. The number of esters is 4. The van der Waals surface area contributed by atoms with Crippen LogP contribution in [0.3, 0.4) is 0 Å². The van der Waals surface area contributed by atoms with Crippen molar-refractivity contribution in [1.82, 2.24) is 0 Å². The van der Waals surface area contributed by atoms with Gasteiger partial charge in [-0.2, -0.15) is 0 Å². The van der Waals surface area contributed by atoms with E-state index in [4.69, 9.17) is 18.9 Å². The topological polar surface area (TPSA) is 105 Å². The van der Waals surface area contributed by atoms with Crippen molar-refractivity contribution in [3.63, 3.8) is 0 Å². The monoisotopic (exact) mass is 370 g/mol. The predicted octanol–water partition coefficient (Wildman–Crippen LogP) is 1.87. The van der Waals surface area contributed by atoms with E-state index in [1.54, 1.807) is 0 Å². The lowest BCUT2D eigenvalue weighted by molar-refractivity contribution is -0.150. The van der Waals surface area contributed by atoms with E-state index in [9.17, 15) is 19.2 Å². The van der Waals surface area contributed by atoms with Gasteiger partial charge in [-0.05, 0) is 26.7 Å². The van der Waals surface area contributed by atoms with Crippen LogP contribution >= 0.6 is 0 Å². The third kappa shape index (κ3) is 12.7. The molecule has 0 aliphatic rings. The Hall–Kier alpha value is -2.64. The molecule has 0 aromatic carbocycles. The zero-order valence-corrected chi connectivity index (χ0v) is 15.3. The molecule has 26 heavy (non-hydrogen) atoms. The fourth-order valence-electron chi connectivity index (χ4n) is 1.47. The van der Waals surface area contributed by atoms with E-state index in [0.29, 0.717) is 12.8 Å². The van der Waals surface area contributed by atoms with Gasteiger partial charge in [-0.25, -0.2) is 9.59 Å². The van der Waals surface area contributed by atoms with E-state index in [-0.39, 0.29) is 50.4 Å². The molecular formula is C18H26O8. The van der Waals surface area contributed by atoms with Gasteiger partial charge in [-0.3, -0.25) is 9.59 Å². The Labute approximate surface area is 153 Å². The van der Waals surface area contributed by atoms with E-state index >= 15 is 0 Å². The van der Waals surface area contributed by atoms with Crippen molar-refractivity contribution >= 4 is 23.9 Å². The molecule has 8 heteroatoms. The zero-order chi connectivity index (χ0) is 19.9. The first-order chi connectivity index (χ1) is 12.2. The van der Waals surface area contributed by atoms with E-state index in [1.165, 1.54) is 13.8 Å². The van der Waals surface area contributed by atoms with Crippen molar-refractivity contribution in [3.05, 3.63) is 24.3 Å². The molecule has 0 heterocycles. The maximum absolute atomic E-state index is 11.4. The smallest absolute Gasteiger partial charge is 0.333 e. The average Bonchev–Trinajstić information content (AvgIpc) is 2.57. The van der Waals surface area contributed by atoms with Crippen LogP contribution in [-0.4, -0.2) is 50.3 Å². The third-order valence-electron chi connectivity index (χ3n) is 2.85. The van der Waals surface area contributed by atoms with Crippen LogP contribution in [0.15, 0.2) is 24.3 Å². The highest BCUT2D eigenvalue weighted by Crippen LogP contribution is 2.01. The minimum absolute atomic E-state index is 0.0181. The summed E-state index contributed by atoms with van der Waals surface area (Å²) >= 11 is 0. The molecule has 8 nitrogen and oxygen atoms in total. The van der Waals surface area contributed by atoms with Crippen LogP contribution in [0, 0.1) is 0 Å². The second-order valence-corrected chi connectivity index (χ2v) is 5.48. The fourth-order valence-corrected chi connectivity index (χ4v) is 1.47. The van der Waals surface area contributed by atoms with Crippen LogP contribution < -0.4 is 0 Å². The molecule has 0 fully saturated rings. The third-order valence-corrected chi connectivity index (χ3v) is 2.85. The van der Waals surface area contributed by atoms with E-state index in [2.05, 4.69) is 13.2 Å². The summed E-state index contributed by atoms with van der Waals surface area (Å²) in [7, 11) is 0. The van der Waals surface area contributed by atoms with Crippen molar-refractivity contribution in [1.29, 1.82) is 0 Å². The molecule has 0 unspecified atom stereocenters. The van der Waals surface area contributed by atoms with Gasteiger partial charge in [0.05, 0.1) is 13.0 Å². The van der Waals surface area contributed by atoms with Crippen molar-refractivity contribution < 1.29 is 38.1 Å². The van der Waals surface area contributed by atoms with Crippen molar-refractivity contribution in [2.24, 2.45) is 0 Å². The van der Waals surface area contributed by atoms with E-state index < -0.39 is 23.9 Å². The summed E-state index contributed by atoms with van der Waals surface area (Å²) in [6, 6.07) is 0. The minimum Gasteiger partial charge on any atom is -0.466 e. The SMILES string of the molecule is C=C(C)C(=O)OCCOC(=O)CCCCOC(=O)CCOC(=O)C(=C)C. The Bertz CT molecular complexity index is 535. The summed E-state index contributed by atoms with van der Waals surface area (Å²) in [5.41, 5.74) is 0.541. The lowest BCUT2D eigenvalue weighted by Crippen LogP contribution is -2.14. The summed E-state index contributed by atoms with van der Waals surface area (Å²) in [5.74, 6) is -1.99. The number of unbranched alkanes of at least 4 members (excludes halogenated alkanes) is 1. The average molecular weight is 370 g/mol. The second kappa shape index (κ2) is 13.6. The standard InChI is InChI=1S/C18H26O8/c1-13(2)17(21)25-10-8-16(20)23-9-6-5-7-15(19)24-11-12-26-18(22)14(3)4/h1,3,5-12H2,2,4H3. The molecule has 0 bridgehead atoms. The van der Waals surface area contributed by atoms with E-state index in [1.807, 2.05) is 0 Å². The molecule has 0 rings (SSSR count). The highest BCUT2D eigenvalue weighted by Gasteiger charge is 2.08. The van der Waals surface area contributed by atoms with Gasteiger partial charge in [-0.1, -0.05) is 13.2 Å². The fraction of sp³-hybridized carbons (Fsp3) is 0.556. The Morgan fingerprint density at radius 3 is 1.65 bits per heavy atom. The lowest BCUT2D eigenvalue weighted by atomic mass is 10.2. The second-order valence-electron chi connectivity index (χ2n) is 5.48. The number of hydrogen-bond acceptors (Lipinski definition) is 8. The summed E-state index contributed by atoms with van der Waals surface area (Å²) in [6.07, 6.45) is 1.12. The first kappa shape index (κ1) is 23.4. The van der Waals surface area contributed by atoms with Crippen LogP contribution in [0.2, 0.25) is 0 Å². The molecule has 0 aliphatic heterocycles. The van der Waals surface area contributed by atoms with Crippen LogP contribution in [-0.2, 0) is 38.1 Å². The molecule has 0 aliphatic carbocycles. The van der Waals surface area contributed by atoms with Crippen LogP contribution in [0.1, 0.15) is 39.5 Å². The zero-order valence-electron chi connectivity index (χ0n) is 15.3. The first-order valence-corrected chi connectivity index (χ1v) is 8.20. The maximum atomic E-state index is 11.4. The Morgan fingerprint density at radius 2 is 1.08 bits per heavy atom. The minimum atomic E-state index is -0.550. The molecule has 0 amide bonds. The molecule has 146 valence electrons. The number of hydrogen-bond donors (Lipinski definition) is 0. The highest BCUT2D eigenvalue weighted by molar-refractivity contribution is 5.87. The predicted molar refractivity (Wildman–Crippen MR) is 91.9 cm³/mol. The molecule has 0 spiro atoms. The molecule has 0 radical (unpaired) electrons. The van der Waals surface area contributed by atoms with Crippen molar-refractivity contribution in [2.45, 2.75) is 39.5 Å². The summed E-state index contributed by atoms with van der Waals surface area (Å²) in [6.45, 7) is 9.95. The molecule has 0 atom stereocenters. The van der Waals surface area contributed by atoms with Gasteiger partial charge in [0, 0.05) is 17.6 Å². The van der Waals surface area contributed by atoms with Crippen LogP contribution in [0.5, 0.6) is 0 Å². The summed E-state index contributed by atoms with van der Waals surface area (Å²) < 4.78 is 19.4. The number of ether oxygens (including phenoxy) is 4. The van der Waals surface area contributed by atoms with Gasteiger partial charge in [0.25, 0.3) is 0 Å². The molecular weight excluding hydrogens is 344 g/mol. The van der Waals surface area contributed by atoms with Gasteiger partial charge in [0.2, 0.25) is 0 Å². The number of rotatable bonds is 13. The van der Waals surface area contributed by atoms with Gasteiger partial charge in [0.1, 0.15) is 19.8 Å². The van der Waals surface area contributed by atoms with Gasteiger partial charge < -0.3 is 18.9 Å². The van der Waals surface area contributed by atoms with Crippen molar-refractivity contribution in [3.8, 4) is 0 Å². The van der Waals surface area contributed by atoms with Crippen LogP contribution in [0.4, 0.5) is 0 Å². The first-order valence-electron chi connectivity index (χ1n) is 8.20. The Kier molecular flexibility index (Phi) is 12.2. The molecule has 0 N–H and O–H groups in total. The van der Waals surface area contributed by atoms with Gasteiger partial charge in [-0.15, -0.1) is 0 Å². The van der Waals surface area contributed by atoms with E-state index in [0.717, 1.165) is 0 Å². The lowest BCUT2D eigenvalue weighted by Gasteiger charge is -2.07. The number of carbonyl (C=O) groups is 4. The van der Waals surface area contributed by atoms with Crippen LogP contribution in [0.25, 0.3) is 0 Å². The Balaban J connectivity index is 3.56. The number of carbonyl (C=O) groups excluding carboxylic acids is 4.